The number of hydrazine groups is 1. The summed E-state index contributed by atoms with van der Waals surface area (Å²) in [4.78, 5) is 0. The molecule has 0 bridgehead atoms. The number of halogens is 3. The average Bonchev–Trinajstić information content (AvgIpc) is 2.45. The molecular weight excluding hydrogens is 269 g/mol. The number of ether oxygens (including phenoxy) is 1. The average molecular weight is 282 g/mol. The summed E-state index contributed by atoms with van der Waals surface area (Å²) in [6, 6.07) is 7.95. The third-order valence-corrected chi connectivity index (χ3v) is 2.93. The third-order valence-electron chi connectivity index (χ3n) is 2.93. The summed E-state index contributed by atoms with van der Waals surface area (Å²) >= 11 is 0. The Morgan fingerprint density at radius 3 is 2.25 bits per heavy atom. The maximum absolute atomic E-state index is 13.3. The first kappa shape index (κ1) is 14.4. The van der Waals surface area contributed by atoms with Gasteiger partial charge in [-0.2, -0.15) is 0 Å². The molecule has 0 aliphatic carbocycles. The molecule has 2 aromatic rings. The molecule has 0 aliphatic heterocycles. The number of nitrogens with one attached hydrogen (secondary N) is 1. The van der Waals surface area contributed by atoms with Crippen LogP contribution in [0.5, 0.6) is 5.75 Å². The van der Waals surface area contributed by atoms with Crippen LogP contribution in [0.2, 0.25) is 0 Å². The number of rotatable bonds is 4. The Morgan fingerprint density at radius 1 is 1.05 bits per heavy atom. The van der Waals surface area contributed by atoms with Gasteiger partial charge in [-0.25, -0.2) is 18.6 Å². The van der Waals surface area contributed by atoms with Crippen molar-refractivity contribution in [3.05, 3.63) is 65.0 Å². The van der Waals surface area contributed by atoms with Crippen molar-refractivity contribution in [2.24, 2.45) is 5.84 Å². The van der Waals surface area contributed by atoms with Crippen LogP contribution < -0.4 is 16.0 Å². The highest BCUT2D eigenvalue weighted by Crippen LogP contribution is 2.26. The highest BCUT2D eigenvalue weighted by Gasteiger charge is 2.18. The van der Waals surface area contributed by atoms with Crippen molar-refractivity contribution in [1.29, 1.82) is 0 Å². The zero-order valence-electron chi connectivity index (χ0n) is 10.7. The molecular formula is C14H13F3N2O. The number of nitrogens with two attached hydrogens (primary N) is 1. The van der Waals surface area contributed by atoms with Gasteiger partial charge >= 0.3 is 0 Å². The van der Waals surface area contributed by atoms with Crippen LogP contribution in [0.4, 0.5) is 13.2 Å². The first-order chi connectivity index (χ1) is 9.56. The molecule has 2 rings (SSSR count). The van der Waals surface area contributed by atoms with E-state index in [1.807, 2.05) is 0 Å². The Kier molecular flexibility index (Phi) is 4.26. The minimum absolute atomic E-state index is 0.178. The zero-order chi connectivity index (χ0) is 14.7. The van der Waals surface area contributed by atoms with Crippen LogP contribution in [0.1, 0.15) is 17.2 Å². The number of hydrogen-bond acceptors (Lipinski definition) is 3. The maximum Gasteiger partial charge on any atom is 0.194 e. The van der Waals surface area contributed by atoms with Crippen LogP contribution >= 0.6 is 0 Å². The lowest BCUT2D eigenvalue weighted by Crippen LogP contribution is -2.29. The summed E-state index contributed by atoms with van der Waals surface area (Å²) in [5, 5.41) is 0. The van der Waals surface area contributed by atoms with E-state index in [4.69, 9.17) is 10.6 Å². The predicted molar refractivity (Wildman–Crippen MR) is 68.5 cm³/mol. The molecule has 0 heterocycles. The molecule has 0 radical (unpaired) electrons. The molecule has 0 saturated carbocycles. The summed E-state index contributed by atoms with van der Waals surface area (Å²) in [5.41, 5.74) is 3.26. The van der Waals surface area contributed by atoms with E-state index < -0.39 is 23.5 Å². The number of methoxy groups -OCH3 is 1. The fraction of sp³-hybridized carbons (Fsp3) is 0.143. The Labute approximate surface area is 114 Å². The van der Waals surface area contributed by atoms with Gasteiger partial charge in [0.25, 0.3) is 0 Å². The highest BCUT2D eigenvalue weighted by molar-refractivity contribution is 5.37. The first-order valence-electron chi connectivity index (χ1n) is 5.81. The lowest BCUT2D eigenvalue weighted by molar-refractivity contribution is 0.413. The Balaban J connectivity index is 2.46. The molecule has 0 saturated heterocycles. The van der Waals surface area contributed by atoms with Crippen LogP contribution in [0.15, 0.2) is 36.4 Å². The Morgan fingerprint density at radius 2 is 1.70 bits per heavy atom. The van der Waals surface area contributed by atoms with Gasteiger partial charge in [0, 0.05) is 0 Å². The SMILES string of the molecule is COc1cccc(C(NN)c2cc(F)c(F)c(F)c2)c1. The highest BCUT2D eigenvalue weighted by atomic mass is 19.2. The molecule has 0 fully saturated rings. The fourth-order valence-electron chi connectivity index (χ4n) is 1.95. The first-order valence-corrected chi connectivity index (χ1v) is 5.81. The Hall–Kier alpha value is -2.05. The summed E-state index contributed by atoms with van der Waals surface area (Å²) in [6.45, 7) is 0. The van der Waals surface area contributed by atoms with E-state index >= 15 is 0 Å². The molecule has 106 valence electrons. The van der Waals surface area contributed by atoms with E-state index in [0.717, 1.165) is 12.1 Å². The largest absolute Gasteiger partial charge is 0.497 e. The Bertz CT molecular complexity index is 596. The quantitative estimate of drug-likeness (QED) is 0.515. The molecule has 0 aliphatic rings. The van der Waals surface area contributed by atoms with Crippen molar-refractivity contribution in [3.63, 3.8) is 0 Å². The fourth-order valence-corrected chi connectivity index (χ4v) is 1.95. The van der Waals surface area contributed by atoms with E-state index in [0.29, 0.717) is 11.3 Å². The van der Waals surface area contributed by atoms with Crippen molar-refractivity contribution in [1.82, 2.24) is 5.43 Å². The molecule has 1 atom stereocenters. The molecule has 0 amide bonds. The van der Waals surface area contributed by atoms with Gasteiger partial charge in [0.15, 0.2) is 17.5 Å². The van der Waals surface area contributed by atoms with Gasteiger partial charge in [0.2, 0.25) is 0 Å². The monoisotopic (exact) mass is 282 g/mol. The molecule has 3 N–H and O–H groups in total. The normalized spacial score (nSPS) is 12.2. The van der Waals surface area contributed by atoms with Crippen LogP contribution in [-0.2, 0) is 0 Å². The second-order valence-electron chi connectivity index (χ2n) is 4.17. The van der Waals surface area contributed by atoms with Crippen LogP contribution in [-0.4, -0.2) is 7.11 Å². The molecule has 1 unspecified atom stereocenters. The maximum atomic E-state index is 13.3. The standard InChI is InChI=1S/C14H13F3N2O/c1-20-10-4-2-3-8(5-10)14(19-18)9-6-11(15)13(17)12(16)7-9/h2-7,14,19H,18H2,1H3. The van der Waals surface area contributed by atoms with Crippen molar-refractivity contribution in [3.8, 4) is 5.75 Å². The summed E-state index contributed by atoms with van der Waals surface area (Å²) in [7, 11) is 1.50. The van der Waals surface area contributed by atoms with Gasteiger partial charge in [-0.1, -0.05) is 12.1 Å². The van der Waals surface area contributed by atoms with E-state index in [-0.39, 0.29) is 5.56 Å². The summed E-state index contributed by atoms with van der Waals surface area (Å²) in [6.07, 6.45) is 0. The van der Waals surface area contributed by atoms with E-state index in [2.05, 4.69) is 5.43 Å². The molecule has 6 heteroatoms. The van der Waals surface area contributed by atoms with Gasteiger partial charge in [0.05, 0.1) is 13.2 Å². The molecule has 20 heavy (non-hydrogen) atoms. The van der Waals surface area contributed by atoms with Crippen molar-refractivity contribution in [2.75, 3.05) is 7.11 Å². The minimum Gasteiger partial charge on any atom is -0.497 e. The van der Waals surface area contributed by atoms with Gasteiger partial charge in [-0.05, 0) is 35.4 Å². The van der Waals surface area contributed by atoms with Crippen LogP contribution in [0.25, 0.3) is 0 Å². The van der Waals surface area contributed by atoms with Crippen LogP contribution in [0.3, 0.4) is 0 Å². The van der Waals surface area contributed by atoms with Crippen molar-refractivity contribution in [2.45, 2.75) is 6.04 Å². The van der Waals surface area contributed by atoms with E-state index in [1.165, 1.54) is 7.11 Å². The van der Waals surface area contributed by atoms with Crippen molar-refractivity contribution >= 4 is 0 Å². The number of benzene rings is 2. The zero-order valence-corrected chi connectivity index (χ0v) is 10.7. The van der Waals surface area contributed by atoms with Gasteiger partial charge < -0.3 is 4.74 Å². The predicted octanol–water partition coefficient (Wildman–Crippen LogP) is 2.67. The van der Waals surface area contributed by atoms with Gasteiger partial charge in [-0.3, -0.25) is 5.84 Å². The third kappa shape index (κ3) is 2.76. The smallest absolute Gasteiger partial charge is 0.194 e. The lowest BCUT2D eigenvalue weighted by atomic mass is 9.98. The van der Waals surface area contributed by atoms with Crippen LogP contribution in [0, 0.1) is 17.5 Å². The van der Waals surface area contributed by atoms with Crippen molar-refractivity contribution < 1.29 is 17.9 Å². The second-order valence-corrected chi connectivity index (χ2v) is 4.17. The molecule has 2 aromatic carbocycles. The number of hydrogen-bond donors (Lipinski definition) is 2. The molecule has 0 spiro atoms. The molecule has 0 aromatic heterocycles. The summed E-state index contributed by atoms with van der Waals surface area (Å²) in [5.74, 6) is 1.99. The molecule has 3 nitrogen and oxygen atoms in total. The van der Waals surface area contributed by atoms with E-state index in [1.54, 1.807) is 24.3 Å². The second kappa shape index (κ2) is 5.94. The van der Waals surface area contributed by atoms with Gasteiger partial charge in [0.1, 0.15) is 5.75 Å². The van der Waals surface area contributed by atoms with Gasteiger partial charge in [-0.15, -0.1) is 0 Å². The minimum atomic E-state index is -1.50. The topological polar surface area (TPSA) is 47.3 Å². The lowest BCUT2D eigenvalue weighted by Gasteiger charge is -2.18. The van der Waals surface area contributed by atoms with E-state index in [9.17, 15) is 13.2 Å². The summed E-state index contributed by atoms with van der Waals surface area (Å²) < 4.78 is 44.6.